The van der Waals surface area contributed by atoms with E-state index in [1.165, 1.54) is 17.0 Å². The average Bonchev–Trinajstić information content (AvgIpc) is 3.32. The summed E-state index contributed by atoms with van der Waals surface area (Å²) in [6.07, 6.45) is 4.76. The Morgan fingerprint density at radius 1 is 1.17 bits per heavy atom. The molecule has 6 nitrogen and oxygen atoms in total. The normalized spacial score (nSPS) is 23.7. The number of halogens is 2. The highest BCUT2D eigenvalue weighted by atomic mass is 35.5. The predicted molar refractivity (Wildman–Crippen MR) is 109 cm³/mol. The maximum Gasteiger partial charge on any atom is 0.295 e. The molecule has 2 fully saturated rings. The van der Waals surface area contributed by atoms with E-state index < -0.39 is 17.7 Å². The Balaban J connectivity index is 1.82. The van der Waals surface area contributed by atoms with Crippen LogP contribution in [0.4, 0.5) is 0 Å². The largest absolute Gasteiger partial charge is 0.507 e. The molecule has 0 aliphatic carbocycles. The molecule has 1 aromatic carbocycles. The van der Waals surface area contributed by atoms with Gasteiger partial charge in [-0.3, -0.25) is 14.6 Å². The van der Waals surface area contributed by atoms with E-state index in [-0.39, 0.29) is 29.0 Å². The molecule has 0 radical (unpaired) electrons. The third-order valence-electron chi connectivity index (χ3n) is 5.18. The van der Waals surface area contributed by atoms with Crippen molar-refractivity contribution in [1.29, 1.82) is 0 Å². The smallest absolute Gasteiger partial charge is 0.295 e. The van der Waals surface area contributed by atoms with Gasteiger partial charge in [0.1, 0.15) is 5.76 Å². The quantitative estimate of drug-likeness (QED) is 0.448. The first kappa shape index (κ1) is 19.9. The van der Waals surface area contributed by atoms with Crippen molar-refractivity contribution < 1.29 is 19.4 Å². The summed E-state index contributed by atoms with van der Waals surface area (Å²) in [6.45, 7) is 0.910. The number of carbonyl (C=O) groups excluding carboxylic acids is 2. The molecule has 2 saturated heterocycles. The number of aliphatic hydroxyl groups is 1. The second-order valence-electron chi connectivity index (χ2n) is 7.00. The molecule has 4 rings (SSSR count). The van der Waals surface area contributed by atoms with Gasteiger partial charge in [-0.15, -0.1) is 0 Å². The van der Waals surface area contributed by atoms with Crippen LogP contribution in [-0.4, -0.2) is 45.9 Å². The Labute approximate surface area is 177 Å². The summed E-state index contributed by atoms with van der Waals surface area (Å²) in [4.78, 5) is 31.2. The molecule has 29 heavy (non-hydrogen) atoms. The number of hydrogen-bond donors (Lipinski definition) is 1. The summed E-state index contributed by atoms with van der Waals surface area (Å²) in [5.74, 6) is -1.70. The van der Waals surface area contributed by atoms with Crippen molar-refractivity contribution in [2.45, 2.75) is 25.0 Å². The maximum atomic E-state index is 12.9. The lowest BCUT2D eigenvalue weighted by Gasteiger charge is -2.27. The predicted octanol–water partition coefficient (Wildman–Crippen LogP) is 3.99. The van der Waals surface area contributed by atoms with Gasteiger partial charge in [0, 0.05) is 31.1 Å². The van der Waals surface area contributed by atoms with Crippen molar-refractivity contribution in [3.8, 4) is 0 Å². The van der Waals surface area contributed by atoms with Crippen LogP contribution in [0, 0.1) is 0 Å². The number of pyridine rings is 1. The van der Waals surface area contributed by atoms with E-state index in [0.29, 0.717) is 22.8 Å². The molecule has 2 aromatic rings. The number of hydrogen-bond acceptors (Lipinski definition) is 5. The zero-order chi connectivity index (χ0) is 20.5. The number of carbonyl (C=O) groups is 2. The molecule has 0 spiro atoms. The third kappa shape index (κ3) is 3.75. The number of aromatic nitrogens is 1. The molecule has 1 N–H and O–H groups in total. The molecule has 0 bridgehead atoms. The van der Waals surface area contributed by atoms with E-state index in [4.69, 9.17) is 27.9 Å². The first-order chi connectivity index (χ1) is 14.0. The number of ether oxygens (including phenoxy) is 1. The van der Waals surface area contributed by atoms with Crippen LogP contribution in [0.25, 0.3) is 5.76 Å². The average molecular weight is 433 g/mol. The minimum Gasteiger partial charge on any atom is -0.507 e. The summed E-state index contributed by atoms with van der Waals surface area (Å²) in [5, 5.41) is 11.5. The lowest BCUT2D eigenvalue weighted by Crippen LogP contribution is -2.36. The molecule has 8 heteroatoms. The van der Waals surface area contributed by atoms with E-state index in [2.05, 4.69) is 4.98 Å². The molecular weight excluding hydrogens is 415 g/mol. The van der Waals surface area contributed by atoms with Crippen molar-refractivity contribution in [1.82, 2.24) is 9.88 Å². The topological polar surface area (TPSA) is 79.7 Å². The number of Topliss-reactive ketones (excluding diaryl/α,β-unsaturated/α-hetero) is 1. The van der Waals surface area contributed by atoms with Crippen molar-refractivity contribution in [2.24, 2.45) is 0 Å². The van der Waals surface area contributed by atoms with Crippen LogP contribution in [0.3, 0.4) is 0 Å². The molecule has 2 unspecified atom stereocenters. The van der Waals surface area contributed by atoms with Gasteiger partial charge in [0.15, 0.2) is 0 Å². The van der Waals surface area contributed by atoms with E-state index in [0.717, 1.165) is 12.8 Å². The number of benzene rings is 1. The molecule has 3 heterocycles. The van der Waals surface area contributed by atoms with Crippen LogP contribution in [0.15, 0.2) is 48.3 Å². The highest BCUT2D eigenvalue weighted by molar-refractivity contribution is 6.46. The van der Waals surface area contributed by atoms with Gasteiger partial charge < -0.3 is 14.7 Å². The zero-order valence-electron chi connectivity index (χ0n) is 15.3. The van der Waals surface area contributed by atoms with Gasteiger partial charge in [0.2, 0.25) is 0 Å². The minimum absolute atomic E-state index is 0.0117. The van der Waals surface area contributed by atoms with Crippen LogP contribution in [0.5, 0.6) is 0 Å². The van der Waals surface area contributed by atoms with Crippen molar-refractivity contribution in [3.05, 3.63) is 69.5 Å². The van der Waals surface area contributed by atoms with Gasteiger partial charge in [0.05, 0.1) is 27.8 Å². The Hall–Kier alpha value is -2.41. The van der Waals surface area contributed by atoms with Crippen molar-refractivity contribution in [3.63, 3.8) is 0 Å². The molecule has 1 aromatic heterocycles. The summed E-state index contributed by atoms with van der Waals surface area (Å²) in [7, 11) is 0. The van der Waals surface area contributed by atoms with Gasteiger partial charge in [0.25, 0.3) is 11.7 Å². The molecular formula is C21H18Cl2N2O4. The number of rotatable bonds is 4. The minimum atomic E-state index is -0.742. The second kappa shape index (κ2) is 8.14. The molecule has 2 aliphatic heterocycles. The summed E-state index contributed by atoms with van der Waals surface area (Å²) < 4.78 is 5.66. The fraction of sp³-hybridized carbons (Fsp3) is 0.286. The fourth-order valence-corrected chi connectivity index (χ4v) is 4.07. The van der Waals surface area contributed by atoms with Crippen LogP contribution < -0.4 is 0 Å². The molecule has 0 saturated carbocycles. The number of likely N-dealkylation sites (tertiary alicyclic amines) is 1. The number of nitrogens with zero attached hydrogens (tertiary/aromatic N) is 2. The Kier molecular flexibility index (Phi) is 5.58. The van der Waals surface area contributed by atoms with Gasteiger partial charge in [-0.25, -0.2) is 0 Å². The number of amides is 1. The van der Waals surface area contributed by atoms with Gasteiger partial charge in [-0.2, -0.15) is 0 Å². The van der Waals surface area contributed by atoms with E-state index in [1.807, 2.05) is 0 Å². The van der Waals surface area contributed by atoms with Gasteiger partial charge in [-0.05, 0) is 48.7 Å². The molecule has 2 aliphatic rings. The standard InChI is InChI=1S/C21H18Cl2N2O4/c22-15-4-3-13(10-16(15)23)19(26)17-18(12-5-7-24-8-6-12)25(21(28)20(17)27)11-14-2-1-9-29-14/h3-8,10,14,18,26H,1-2,9,11H2/b19-17-. The lowest BCUT2D eigenvalue weighted by atomic mass is 9.96. The monoisotopic (exact) mass is 432 g/mol. The lowest BCUT2D eigenvalue weighted by molar-refractivity contribution is -0.140. The van der Waals surface area contributed by atoms with Gasteiger partial charge in [-0.1, -0.05) is 23.2 Å². The van der Waals surface area contributed by atoms with Crippen LogP contribution in [-0.2, 0) is 14.3 Å². The summed E-state index contributed by atoms with van der Waals surface area (Å²) in [6, 6.07) is 7.26. The van der Waals surface area contributed by atoms with Crippen molar-refractivity contribution in [2.75, 3.05) is 13.2 Å². The highest BCUT2D eigenvalue weighted by Gasteiger charge is 2.47. The Morgan fingerprint density at radius 3 is 2.59 bits per heavy atom. The van der Waals surface area contributed by atoms with E-state index in [9.17, 15) is 14.7 Å². The molecule has 150 valence electrons. The van der Waals surface area contributed by atoms with E-state index in [1.54, 1.807) is 30.6 Å². The summed E-state index contributed by atoms with van der Waals surface area (Å²) in [5.41, 5.74) is 1.00. The third-order valence-corrected chi connectivity index (χ3v) is 5.92. The Bertz CT molecular complexity index is 987. The zero-order valence-corrected chi connectivity index (χ0v) is 16.9. The Morgan fingerprint density at radius 2 is 1.93 bits per heavy atom. The number of aliphatic hydroxyl groups excluding tert-OH is 1. The summed E-state index contributed by atoms with van der Waals surface area (Å²) >= 11 is 12.0. The highest BCUT2D eigenvalue weighted by Crippen LogP contribution is 2.40. The van der Waals surface area contributed by atoms with E-state index >= 15 is 0 Å². The van der Waals surface area contributed by atoms with Crippen molar-refractivity contribution >= 4 is 40.7 Å². The first-order valence-electron chi connectivity index (χ1n) is 9.22. The van der Waals surface area contributed by atoms with Gasteiger partial charge >= 0.3 is 0 Å². The number of ketones is 1. The fourth-order valence-electron chi connectivity index (χ4n) is 3.77. The molecule has 1 amide bonds. The second-order valence-corrected chi connectivity index (χ2v) is 7.81. The first-order valence-corrected chi connectivity index (χ1v) is 9.98. The molecule has 2 atom stereocenters. The van der Waals surface area contributed by atoms with Crippen LogP contribution >= 0.6 is 23.2 Å². The maximum absolute atomic E-state index is 12.9. The van der Waals surface area contributed by atoms with Crippen LogP contribution in [0.1, 0.15) is 30.0 Å². The SMILES string of the molecule is O=C1C(=O)N(CC2CCCO2)C(c2ccncc2)/C1=C(/O)c1ccc(Cl)c(Cl)c1. The van der Waals surface area contributed by atoms with Crippen LogP contribution in [0.2, 0.25) is 10.0 Å².